The summed E-state index contributed by atoms with van der Waals surface area (Å²) < 4.78 is 14.8. The van der Waals surface area contributed by atoms with E-state index in [0.717, 1.165) is 18.5 Å². The first kappa shape index (κ1) is 18.1. The molecule has 0 saturated carbocycles. The van der Waals surface area contributed by atoms with Crippen LogP contribution < -0.4 is 5.32 Å². The number of nitrogens with one attached hydrogen (secondary N) is 1. The number of anilines is 1. The van der Waals surface area contributed by atoms with Crippen LogP contribution in [-0.4, -0.2) is 31.9 Å². The van der Waals surface area contributed by atoms with E-state index in [-0.39, 0.29) is 17.5 Å². The van der Waals surface area contributed by atoms with Crippen LogP contribution in [0.1, 0.15) is 18.9 Å². The molecular formula is C18H18FN5OS. The average molecular weight is 371 g/mol. The lowest BCUT2D eigenvalue weighted by Gasteiger charge is -2.07. The van der Waals surface area contributed by atoms with Crippen molar-refractivity contribution in [3.63, 3.8) is 0 Å². The van der Waals surface area contributed by atoms with Crippen molar-refractivity contribution < 1.29 is 9.18 Å². The Kier molecular flexibility index (Phi) is 5.96. The zero-order valence-electron chi connectivity index (χ0n) is 14.2. The molecule has 3 aromatic rings. The zero-order valence-corrected chi connectivity index (χ0v) is 15.0. The van der Waals surface area contributed by atoms with Gasteiger partial charge in [-0.2, -0.15) is 4.68 Å². The van der Waals surface area contributed by atoms with E-state index in [1.807, 2.05) is 24.3 Å². The number of tetrazole rings is 1. The fourth-order valence-corrected chi connectivity index (χ4v) is 3.10. The summed E-state index contributed by atoms with van der Waals surface area (Å²) in [6.45, 7) is 2.13. The summed E-state index contributed by atoms with van der Waals surface area (Å²) in [6.07, 6.45) is 2.11. The number of hydrogen-bond acceptors (Lipinski definition) is 5. The van der Waals surface area contributed by atoms with Gasteiger partial charge in [0.15, 0.2) is 0 Å². The number of hydrogen-bond donors (Lipinski definition) is 1. The number of nitrogens with zero attached hydrogens (tertiary/aromatic N) is 4. The summed E-state index contributed by atoms with van der Waals surface area (Å²) in [5.74, 6) is -0.392. The van der Waals surface area contributed by atoms with Gasteiger partial charge in [-0.1, -0.05) is 43.3 Å². The number of aromatic nitrogens is 4. The Labute approximate surface area is 154 Å². The molecule has 2 aromatic carbocycles. The number of thioether (sulfide) groups is 1. The molecule has 134 valence electrons. The van der Waals surface area contributed by atoms with Crippen molar-refractivity contribution in [3.8, 4) is 5.69 Å². The van der Waals surface area contributed by atoms with Gasteiger partial charge >= 0.3 is 0 Å². The fraction of sp³-hybridized carbons (Fsp3) is 0.222. The lowest BCUT2D eigenvalue weighted by molar-refractivity contribution is -0.113. The normalized spacial score (nSPS) is 10.7. The number of aryl methyl sites for hydroxylation is 1. The van der Waals surface area contributed by atoms with Crippen LogP contribution >= 0.6 is 11.8 Å². The topological polar surface area (TPSA) is 72.7 Å². The number of rotatable bonds is 7. The molecule has 0 unspecified atom stereocenters. The Morgan fingerprint density at radius 3 is 2.77 bits per heavy atom. The van der Waals surface area contributed by atoms with Crippen LogP contribution in [0.2, 0.25) is 0 Å². The zero-order chi connectivity index (χ0) is 18.4. The summed E-state index contributed by atoms with van der Waals surface area (Å²) in [7, 11) is 0. The molecule has 0 aliphatic carbocycles. The van der Waals surface area contributed by atoms with Gasteiger partial charge in [-0.25, -0.2) is 4.39 Å². The predicted molar refractivity (Wildman–Crippen MR) is 98.9 cm³/mol. The van der Waals surface area contributed by atoms with E-state index in [1.165, 1.54) is 34.1 Å². The molecule has 0 fully saturated rings. The van der Waals surface area contributed by atoms with Gasteiger partial charge in [0, 0.05) is 5.69 Å². The third-order valence-corrected chi connectivity index (χ3v) is 4.52. The van der Waals surface area contributed by atoms with E-state index in [9.17, 15) is 9.18 Å². The second kappa shape index (κ2) is 8.57. The minimum atomic E-state index is -0.377. The standard InChI is InChI=1S/C18H18FN5OS/c1-2-4-13-7-9-15(10-8-13)20-17(25)12-26-18-21-22-23-24(18)16-6-3-5-14(19)11-16/h3,5-11H,2,4,12H2,1H3,(H,20,25). The summed E-state index contributed by atoms with van der Waals surface area (Å²) in [6, 6.07) is 13.8. The Balaban J connectivity index is 1.59. The Morgan fingerprint density at radius 1 is 1.23 bits per heavy atom. The van der Waals surface area contributed by atoms with Crippen LogP contribution in [-0.2, 0) is 11.2 Å². The molecule has 6 nitrogen and oxygen atoms in total. The number of carbonyl (C=O) groups is 1. The van der Waals surface area contributed by atoms with Crippen molar-refractivity contribution in [1.29, 1.82) is 0 Å². The molecule has 1 amide bonds. The summed E-state index contributed by atoms with van der Waals surface area (Å²) in [5.41, 5.74) is 2.50. The maximum absolute atomic E-state index is 13.4. The molecule has 0 aliphatic rings. The molecule has 0 aliphatic heterocycles. The van der Waals surface area contributed by atoms with E-state index in [0.29, 0.717) is 10.8 Å². The van der Waals surface area contributed by atoms with Gasteiger partial charge in [-0.3, -0.25) is 4.79 Å². The molecule has 0 saturated heterocycles. The predicted octanol–water partition coefficient (Wildman–Crippen LogP) is 3.48. The molecule has 0 bridgehead atoms. The van der Waals surface area contributed by atoms with E-state index < -0.39 is 0 Å². The lowest BCUT2D eigenvalue weighted by atomic mass is 10.1. The average Bonchev–Trinajstić information content (AvgIpc) is 3.10. The number of amides is 1. The first-order valence-electron chi connectivity index (χ1n) is 8.21. The highest BCUT2D eigenvalue weighted by atomic mass is 32.2. The maximum Gasteiger partial charge on any atom is 0.234 e. The number of halogens is 1. The molecule has 1 heterocycles. The van der Waals surface area contributed by atoms with E-state index >= 15 is 0 Å². The lowest BCUT2D eigenvalue weighted by Crippen LogP contribution is -2.14. The van der Waals surface area contributed by atoms with Crippen LogP contribution in [0.25, 0.3) is 5.69 Å². The van der Waals surface area contributed by atoms with Gasteiger partial charge in [0.1, 0.15) is 5.82 Å². The van der Waals surface area contributed by atoms with E-state index in [2.05, 4.69) is 27.8 Å². The largest absolute Gasteiger partial charge is 0.325 e. The molecule has 1 N–H and O–H groups in total. The number of benzene rings is 2. The van der Waals surface area contributed by atoms with Crippen molar-refractivity contribution in [1.82, 2.24) is 20.2 Å². The highest BCUT2D eigenvalue weighted by Gasteiger charge is 2.12. The van der Waals surface area contributed by atoms with Crippen LogP contribution in [0.5, 0.6) is 0 Å². The Bertz CT molecular complexity index is 881. The van der Waals surface area contributed by atoms with Gasteiger partial charge in [-0.15, -0.1) is 5.10 Å². The summed E-state index contributed by atoms with van der Waals surface area (Å²) in [4.78, 5) is 12.2. The van der Waals surface area contributed by atoms with Crippen LogP contribution in [0.4, 0.5) is 10.1 Å². The quantitative estimate of drug-likeness (QED) is 0.644. The second-order valence-electron chi connectivity index (χ2n) is 5.64. The molecule has 0 spiro atoms. The Morgan fingerprint density at radius 2 is 2.04 bits per heavy atom. The van der Waals surface area contributed by atoms with Crippen LogP contribution in [0.15, 0.2) is 53.7 Å². The molecule has 0 radical (unpaired) electrons. The fourth-order valence-electron chi connectivity index (χ4n) is 2.41. The van der Waals surface area contributed by atoms with E-state index in [4.69, 9.17) is 0 Å². The van der Waals surface area contributed by atoms with Gasteiger partial charge < -0.3 is 5.32 Å². The first-order valence-corrected chi connectivity index (χ1v) is 9.20. The van der Waals surface area contributed by atoms with Crippen LogP contribution in [0.3, 0.4) is 0 Å². The molecule has 3 rings (SSSR count). The highest BCUT2D eigenvalue weighted by molar-refractivity contribution is 7.99. The molecular weight excluding hydrogens is 353 g/mol. The van der Waals surface area contributed by atoms with Crippen molar-refractivity contribution in [2.24, 2.45) is 0 Å². The number of carbonyl (C=O) groups excluding carboxylic acids is 1. The molecule has 8 heteroatoms. The monoisotopic (exact) mass is 371 g/mol. The van der Waals surface area contributed by atoms with Crippen LogP contribution in [0, 0.1) is 5.82 Å². The smallest absolute Gasteiger partial charge is 0.234 e. The minimum Gasteiger partial charge on any atom is -0.325 e. The van der Waals surface area contributed by atoms with Crippen molar-refractivity contribution in [2.45, 2.75) is 24.9 Å². The van der Waals surface area contributed by atoms with Crippen molar-refractivity contribution >= 4 is 23.4 Å². The molecule has 1 aromatic heterocycles. The third kappa shape index (κ3) is 4.66. The van der Waals surface area contributed by atoms with Gasteiger partial charge in [0.05, 0.1) is 11.4 Å². The second-order valence-corrected chi connectivity index (χ2v) is 6.58. The Hall–Kier alpha value is -2.74. The van der Waals surface area contributed by atoms with Crippen molar-refractivity contribution in [2.75, 3.05) is 11.1 Å². The van der Waals surface area contributed by atoms with Gasteiger partial charge in [0.2, 0.25) is 11.1 Å². The highest BCUT2D eigenvalue weighted by Crippen LogP contribution is 2.19. The van der Waals surface area contributed by atoms with Gasteiger partial charge in [-0.05, 0) is 52.7 Å². The van der Waals surface area contributed by atoms with E-state index in [1.54, 1.807) is 12.1 Å². The summed E-state index contributed by atoms with van der Waals surface area (Å²) in [5, 5.41) is 14.6. The third-order valence-electron chi connectivity index (χ3n) is 3.60. The van der Waals surface area contributed by atoms with Gasteiger partial charge in [0.25, 0.3) is 0 Å². The molecule has 0 atom stereocenters. The summed E-state index contributed by atoms with van der Waals surface area (Å²) >= 11 is 1.19. The maximum atomic E-state index is 13.4. The minimum absolute atomic E-state index is 0.145. The van der Waals surface area contributed by atoms with Crippen molar-refractivity contribution in [3.05, 3.63) is 59.9 Å². The first-order chi connectivity index (χ1) is 12.7. The SMILES string of the molecule is CCCc1ccc(NC(=O)CSc2nnnn2-c2cccc(F)c2)cc1. The molecule has 26 heavy (non-hydrogen) atoms.